The van der Waals surface area contributed by atoms with E-state index in [0.717, 1.165) is 31.8 Å². The van der Waals surface area contributed by atoms with Crippen LogP contribution in [0.1, 0.15) is 79.8 Å². The number of hydrogen-bond donors (Lipinski definition) is 1. The molecule has 1 aromatic rings. The number of ether oxygens (including phenoxy) is 1. The van der Waals surface area contributed by atoms with E-state index in [9.17, 15) is 0 Å². The number of methoxy groups -OCH3 is 1. The zero-order chi connectivity index (χ0) is 14.7. The van der Waals surface area contributed by atoms with E-state index in [2.05, 4.69) is 12.2 Å². The number of nitrogens with zero attached hydrogens (tertiary/aromatic N) is 1. The molecule has 21 heavy (non-hydrogen) atoms. The summed E-state index contributed by atoms with van der Waals surface area (Å²) >= 11 is 1.91. The van der Waals surface area contributed by atoms with Gasteiger partial charge in [0.25, 0.3) is 0 Å². The minimum Gasteiger partial charge on any atom is -0.371 e. The highest BCUT2D eigenvalue weighted by atomic mass is 32.1. The Morgan fingerprint density at radius 3 is 2.52 bits per heavy atom. The molecule has 4 heteroatoms. The average Bonchev–Trinajstić information content (AvgIpc) is 3.30. The van der Waals surface area contributed by atoms with Crippen LogP contribution in [0.5, 0.6) is 0 Å². The predicted octanol–water partition coefficient (Wildman–Crippen LogP) is 4.33. The Kier molecular flexibility index (Phi) is 4.97. The van der Waals surface area contributed by atoms with Gasteiger partial charge in [-0.25, -0.2) is 4.98 Å². The maximum atomic E-state index is 6.05. The second-order valence-electron chi connectivity index (χ2n) is 6.49. The minimum atomic E-state index is -0.102. The van der Waals surface area contributed by atoms with E-state index in [1.807, 2.05) is 18.4 Å². The summed E-state index contributed by atoms with van der Waals surface area (Å²) in [6, 6.07) is 0. The first kappa shape index (κ1) is 15.4. The van der Waals surface area contributed by atoms with E-state index in [1.165, 1.54) is 54.1 Å². The number of thiazole rings is 1. The smallest absolute Gasteiger partial charge is 0.125 e. The Balaban J connectivity index is 1.88. The maximum Gasteiger partial charge on any atom is 0.125 e. The zero-order valence-electron chi connectivity index (χ0n) is 13.4. The molecule has 0 aromatic carbocycles. The quantitative estimate of drug-likeness (QED) is 0.794. The van der Waals surface area contributed by atoms with E-state index < -0.39 is 0 Å². The molecule has 2 saturated carbocycles. The molecule has 3 nitrogen and oxygen atoms in total. The SMILES string of the molecule is CCNCc1sc(C2(OC)CCCCCC2)nc1C1CC1. The van der Waals surface area contributed by atoms with Crippen LogP contribution in [0, 0.1) is 0 Å². The van der Waals surface area contributed by atoms with Crippen molar-refractivity contribution in [2.75, 3.05) is 13.7 Å². The fourth-order valence-corrected chi connectivity index (χ4v) is 4.75. The highest BCUT2D eigenvalue weighted by Crippen LogP contribution is 2.47. The van der Waals surface area contributed by atoms with Crippen LogP contribution in [0.3, 0.4) is 0 Å². The van der Waals surface area contributed by atoms with Gasteiger partial charge in [-0.1, -0.05) is 32.6 Å². The molecule has 1 aromatic heterocycles. The lowest BCUT2D eigenvalue weighted by atomic mass is 9.95. The van der Waals surface area contributed by atoms with Gasteiger partial charge in [-0.3, -0.25) is 0 Å². The third kappa shape index (κ3) is 3.33. The Bertz CT molecular complexity index is 459. The molecule has 0 radical (unpaired) electrons. The first-order chi connectivity index (χ1) is 10.3. The number of hydrogen-bond acceptors (Lipinski definition) is 4. The van der Waals surface area contributed by atoms with Crippen LogP contribution in [0.2, 0.25) is 0 Å². The maximum absolute atomic E-state index is 6.05. The average molecular weight is 308 g/mol. The lowest BCUT2D eigenvalue weighted by molar-refractivity contribution is -0.0280. The molecule has 0 saturated heterocycles. The largest absolute Gasteiger partial charge is 0.371 e. The summed E-state index contributed by atoms with van der Waals surface area (Å²) in [7, 11) is 1.88. The molecular formula is C17H28N2OS. The fourth-order valence-electron chi connectivity index (χ4n) is 3.40. The molecule has 118 valence electrons. The van der Waals surface area contributed by atoms with Crippen molar-refractivity contribution in [3.8, 4) is 0 Å². The summed E-state index contributed by atoms with van der Waals surface area (Å²) in [5.74, 6) is 0.725. The first-order valence-electron chi connectivity index (χ1n) is 8.55. The van der Waals surface area contributed by atoms with Gasteiger partial charge in [0.15, 0.2) is 0 Å². The summed E-state index contributed by atoms with van der Waals surface area (Å²) in [5.41, 5.74) is 1.27. The van der Waals surface area contributed by atoms with Crippen LogP contribution in [0.25, 0.3) is 0 Å². The molecule has 0 aliphatic heterocycles. The van der Waals surface area contributed by atoms with Crippen molar-refractivity contribution in [3.05, 3.63) is 15.6 Å². The van der Waals surface area contributed by atoms with Gasteiger partial charge in [0.2, 0.25) is 0 Å². The van der Waals surface area contributed by atoms with E-state index in [-0.39, 0.29) is 5.60 Å². The third-order valence-corrected chi connectivity index (χ3v) is 6.18. The summed E-state index contributed by atoms with van der Waals surface area (Å²) < 4.78 is 6.05. The van der Waals surface area contributed by atoms with E-state index in [4.69, 9.17) is 9.72 Å². The molecule has 0 bridgehead atoms. The highest BCUT2D eigenvalue weighted by molar-refractivity contribution is 7.11. The van der Waals surface area contributed by atoms with E-state index in [1.54, 1.807) is 0 Å². The Hall–Kier alpha value is -0.450. The Labute approximate surface area is 132 Å². The van der Waals surface area contributed by atoms with Crippen molar-refractivity contribution in [1.29, 1.82) is 0 Å². The van der Waals surface area contributed by atoms with Crippen molar-refractivity contribution in [1.82, 2.24) is 10.3 Å². The van der Waals surface area contributed by atoms with Gasteiger partial charge < -0.3 is 10.1 Å². The lowest BCUT2D eigenvalue weighted by Crippen LogP contribution is -2.27. The van der Waals surface area contributed by atoms with Crippen LogP contribution in [0.15, 0.2) is 0 Å². The number of aromatic nitrogens is 1. The van der Waals surface area contributed by atoms with Crippen LogP contribution >= 0.6 is 11.3 Å². The molecule has 0 unspecified atom stereocenters. The highest BCUT2D eigenvalue weighted by Gasteiger charge is 2.38. The molecule has 1 heterocycles. The first-order valence-corrected chi connectivity index (χ1v) is 9.36. The normalized spacial score (nSPS) is 22.2. The van der Waals surface area contributed by atoms with Crippen LogP contribution in [-0.2, 0) is 16.9 Å². The van der Waals surface area contributed by atoms with E-state index >= 15 is 0 Å². The molecule has 2 aliphatic carbocycles. The van der Waals surface area contributed by atoms with Gasteiger partial charge in [-0.15, -0.1) is 11.3 Å². The van der Waals surface area contributed by atoms with Crippen molar-refractivity contribution < 1.29 is 4.74 Å². The van der Waals surface area contributed by atoms with Crippen molar-refractivity contribution in [2.45, 2.75) is 76.4 Å². The van der Waals surface area contributed by atoms with Gasteiger partial charge in [-0.2, -0.15) is 0 Å². The Morgan fingerprint density at radius 2 is 1.95 bits per heavy atom. The van der Waals surface area contributed by atoms with Gasteiger partial charge in [0, 0.05) is 24.4 Å². The van der Waals surface area contributed by atoms with Gasteiger partial charge in [0.1, 0.15) is 10.6 Å². The second-order valence-corrected chi connectivity index (χ2v) is 7.58. The number of nitrogens with one attached hydrogen (secondary N) is 1. The van der Waals surface area contributed by atoms with Crippen LogP contribution < -0.4 is 5.32 Å². The standard InChI is InChI=1S/C17H28N2OS/c1-3-18-12-14-15(13-8-9-13)19-16(21-14)17(20-2)10-6-4-5-7-11-17/h13,18H,3-12H2,1-2H3. The molecule has 0 amide bonds. The predicted molar refractivity (Wildman–Crippen MR) is 87.9 cm³/mol. The molecule has 0 atom stereocenters. The van der Waals surface area contributed by atoms with Gasteiger partial charge in [0.05, 0.1) is 5.69 Å². The second kappa shape index (κ2) is 6.76. The summed E-state index contributed by atoms with van der Waals surface area (Å²) in [4.78, 5) is 6.54. The molecule has 0 spiro atoms. The van der Waals surface area contributed by atoms with Gasteiger partial charge in [-0.05, 0) is 32.2 Å². The molecule has 1 N–H and O–H groups in total. The third-order valence-electron chi connectivity index (χ3n) is 4.92. The van der Waals surface area contributed by atoms with Crippen LogP contribution in [-0.4, -0.2) is 18.6 Å². The molecule has 2 aliphatic rings. The monoisotopic (exact) mass is 308 g/mol. The van der Waals surface area contributed by atoms with Crippen molar-refractivity contribution in [2.24, 2.45) is 0 Å². The summed E-state index contributed by atoms with van der Waals surface area (Å²) in [6.45, 7) is 4.16. The fraction of sp³-hybridized carbons (Fsp3) is 0.824. The van der Waals surface area contributed by atoms with E-state index in [0.29, 0.717) is 0 Å². The van der Waals surface area contributed by atoms with Crippen molar-refractivity contribution >= 4 is 11.3 Å². The Morgan fingerprint density at radius 1 is 1.24 bits per heavy atom. The molecule has 2 fully saturated rings. The molecule has 3 rings (SSSR count). The van der Waals surface area contributed by atoms with Crippen molar-refractivity contribution in [3.63, 3.8) is 0 Å². The van der Waals surface area contributed by atoms with Gasteiger partial charge >= 0.3 is 0 Å². The topological polar surface area (TPSA) is 34.1 Å². The summed E-state index contributed by atoms with van der Waals surface area (Å²) in [5, 5.41) is 4.73. The molecular weight excluding hydrogens is 280 g/mol. The lowest BCUT2D eigenvalue weighted by Gasteiger charge is -2.29. The number of rotatable bonds is 6. The zero-order valence-corrected chi connectivity index (χ0v) is 14.2. The minimum absolute atomic E-state index is 0.102. The van der Waals surface area contributed by atoms with Crippen LogP contribution in [0.4, 0.5) is 0 Å². The summed E-state index contributed by atoms with van der Waals surface area (Å²) in [6.07, 6.45) is 10.2.